The van der Waals surface area contributed by atoms with Crippen LogP contribution in [-0.2, 0) is 23.0 Å². The molecular weight excluding hydrogens is 256 g/mol. The highest BCUT2D eigenvalue weighted by Crippen LogP contribution is 2.05. The normalized spacial score (nSPS) is 17.3. The summed E-state index contributed by atoms with van der Waals surface area (Å²) in [6, 6.07) is 2.08. The summed E-state index contributed by atoms with van der Waals surface area (Å²) in [7, 11) is 3.43. The molecule has 1 aromatic rings. The summed E-state index contributed by atoms with van der Waals surface area (Å²) in [5, 5.41) is 4.19. The van der Waals surface area contributed by atoms with Gasteiger partial charge in [0.2, 0.25) is 0 Å². The van der Waals surface area contributed by atoms with Crippen LogP contribution in [0.1, 0.15) is 12.1 Å². The Hall–Kier alpha value is -1.40. The molecule has 20 heavy (non-hydrogen) atoms. The molecule has 6 heteroatoms. The molecule has 0 bridgehead atoms. The second-order valence-electron chi connectivity index (χ2n) is 5.21. The molecule has 1 aliphatic heterocycles. The molecule has 0 amide bonds. The Kier molecular flexibility index (Phi) is 5.55. The van der Waals surface area contributed by atoms with Gasteiger partial charge < -0.3 is 14.5 Å². The van der Waals surface area contributed by atoms with Gasteiger partial charge in [-0.25, -0.2) is 0 Å². The minimum atomic E-state index is -0.122. The highest BCUT2D eigenvalue weighted by Gasteiger charge is 2.17. The second-order valence-corrected chi connectivity index (χ2v) is 5.21. The second kappa shape index (κ2) is 7.40. The zero-order valence-electron chi connectivity index (χ0n) is 12.4. The van der Waals surface area contributed by atoms with E-state index < -0.39 is 0 Å². The monoisotopic (exact) mass is 280 g/mol. The molecule has 1 fully saturated rings. The summed E-state index contributed by atoms with van der Waals surface area (Å²) >= 11 is 0. The van der Waals surface area contributed by atoms with Gasteiger partial charge in [0.15, 0.2) is 0 Å². The third-order valence-corrected chi connectivity index (χ3v) is 3.93. The van der Waals surface area contributed by atoms with Gasteiger partial charge in [-0.05, 0) is 6.07 Å². The molecule has 1 aromatic heterocycles. The molecule has 6 nitrogen and oxygen atoms in total. The predicted octanol–water partition coefficient (Wildman–Crippen LogP) is 0.143. The lowest BCUT2D eigenvalue weighted by Gasteiger charge is -2.34. The molecular formula is C14H24N4O2. The average Bonchev–Trinajstić information content (AvgIpc) is 2.89. The Labute approximate surface area is 120 Å². The van der Waals surface area contributed by atoms with Crippen LogP contribution in [0.2, 0.25) is 0 Å². The molecule has 2 heterocycles. The molecule has 0 atom stereocenters. The van der Waals surface area contributed by atoms with Gasteiger partial charge in [-0.3, -0.25) is 9.48 Å². The van der Waals surface area contributed by atoms with Gasteiger partial charge in [0.05, 0.1) is 13.5 Å². The molecule has 0 aromatic carbocycles. The minimum Gasteiger partial charge on any atom is -0.469 e. The standard InChI is InChI=1S/C14H24N4O2/c1-16-13(3-6-15-16)4-7-17-9-11-18(12-10-17)8-5-14(19)20-2/h3,6H,4-5,7-12H2,1-2H3. The number of nitrogens with zero attached hydrogens (tertiary/aromatic N) is 4. The van der Waals surface area contributed by atoms with Gasteiger partial charge in [0, 0.05) is 64.6 Å². The van der Waals surface area contributed by atoms with Crippen molar-refractivity contribution in [1.29, 1.82) is 0 Å². The van der Waals surface area contributed by atoms with Gasteiger partial charge in [-0.15, -0.1) is 0 Å². The molecule has 0 aliphatic carbocycles. The lowest BCUT2D eigenvalue weighted by Crippen LogP contribution is -2.47. The number of carbonyl (C=O) groups excluding carboxylic acids is 1. The molecule has 0 saturated carbocycles. The average molecular weight is 280 g/mol. The Morgan fingerprint density at radius 3 is 2.45 bits per heavy atom. The van der Waals surface area contributed by atoms with Crippen LogP contribution in [0.4, 0.5) is 0 Å². The summed E-state index contributed by atoms with van der Waals surface area (Å²) in [6.45, 7) is 6.08. The van der Waals surface area contributed by atoms with E-state index in [1.807, 2.05) is 17.9 Å². The molecule has 112 valence electrons. The van der Waals surface area contributed by atoms with E-state index in [1.54, 1.807) is 0 Å². The first-order valence-corrected chi connectivity index (χ1v) is 7.17. The van der Waals surface area contributed by atoms with E-state index in [4.69, 9.17) is 0 Å². The Morgan fingerprint density at radius 1 is 1.25 bits per heavy atom. The van der Waals surface area contributed by atoms with Crippen molar-refractivity contribution in [3.05, 3.63) is 18.0 Å². The quantitative estimate of drug-likeness (QED) is 0.694. The van der Waals surface area contributed by atoms with Crippen LogP contribution in [-0.4, -0.2) is 71.9 Å². The molecule has 0 radical (unpaired) electrons. The number of aromatic nitrogens is 2. The van der Waals surface area contributed by atoms with E-state index >= 15 is 0 Å². The van der Waals surface area contributed by atoms with Crippen LogP contribution in [0.15, 0.2) is 12.3 Å². The van der Waals surface area contributed by atoms with Crippen LogP contribution in [0.3, 0.4) is 0 Å². The van der Waals surface area contributed by atoms with E-state index in [0.29, 0.717) is 6.42 Å². The highest BCUT2D eigenvalue weighted by atomic mass is 16.5. The van der Waals surface area contributed by atoms with E-state index in [1.165, 1.54) is 12.8 Å². The highest BCUT2D eigenvalue weighted by molar-refractivity contribution is 5.69. The fraction of sp³-hybridized carbons (Fsp3) is 0.714. The number of carbonyl (C=O) groups is 1. The van der Waals surface area contributed by atoms with Crippen LogP contribution in [0.5, 0.6) is 0 Å². The lowest BCUT2D eigenvalue weighted by molar-refractivity contribution is -0.141. The number of methoxy groups -OCH3 is 1. The van der Waals surface area contributed by atoms with Crippen LogP contribution >= 0.6 is 0 Å². The number of hydrogen-bond donors (Lipinski definition) is 0. The zero-order valence-corrected chi connectivity index (χ0v) is 12.4. The number of esters is 1. The van der Waals surface area contributed by atoms with Crippen molar-refractivity contribution >= 4 is 5.97 Å². The fourth-order valence-corrected chi connectivity index (χ4v) is 2.51. The smallest absolute Gasteiger partial charge is 0.306 e. The van der Waals surface area contributed by atoms with Crippen molar-refractivity contribution in [1.82, 2.24) is 19.6 Å². The summed E-state index contributed by atoms with van der Waals surface area (Å²) in [5.74, 6) is -0.122. The third kappa shape index (κ3) is 4.31. The van der Waals surface area contributed by atoms with Gasteiger partial charge in [0.1, 0.15) is 0 Å². The van der Waals surface area contributed by atoms with Crippen molar-refractivity contribution in [3.63, 3.8) is 0 Å². The van der Waals surface area contributed by atoms with Gasteiger partial charge in [-0.2, -0.15) is 5.10 Å². The van der Waals surface area contributed by atoms with E-state index in [9.17, 15) is 4.79 Å². The third-order valence-electron chi connectivity index (χ3n) is 3.93. The predicted molar refractivity (Wildman–Crippen MR) is 76.4 cm³/mol. The number of hydrogen-bond acceptors (Lipinski definition) is 5. The van der Waals surface area contributed by atoms with Crippen molar-refractivity contribution in [2.75, 3.05) is 46.4 Å². The molecule has 0 unspecified atom stereocenters. The molecule has 1 saturated heterocycles. The molecule has 1 aliphatic rings. The number of aryl methyl sites for hydroxylation is 1. The number of ether oxygens (including phenoxy) is 1. The SMILES string of the molecule is COC(=O)CCN1CCN(CCc2ccnn2C)CC1. The first-order valence-electron chi connectivity index (χ1n) is 7.17. The summed E-state index contributed by atoms with van der Waals surface area (Å²) in [5.41, 5.74) is 1.28. The van der Waals surface area contributed by atoms with Crippen molar-refractivity contribution in [2.24, 2.45) is 7.05 Å². The first-order chi connectivity index (χ1) is 9.69. The van der Waals surface area contributed by atoms with Crippen LogP contribution in [0, 0.1) is 0 Å². The van der Waals surface area contributed by atoms with Crippen LogP contribution < -0.4 is 0 Å². The largest absolute Gasteiger partial charge is 0.469 e. The Morgan fingerprint density at radius 2 is 1.90 bits per heavy atom. The van der Waals surface area contributed by atoms with E-state index in [0.717, 1.165) is 45.7 Å². The maximum Gasteiger partial charge on any atom is 0.306 e. The van der Waals surface area contributed by atoms with Crippen molar-refractivity contribution < 1.29 is 9.53 Å². The molecule has 0 N–H and O–H groups in total. The zero-order chi connectivity index (χ0) is 14.4. The Bertz CT molecular complexity index is 425. The maximum atomic E-state index is 11.1. The summed E-state index contributed by atoms with van der Waals surface area (Å²) in [4.78, 5) is 15.9. The lowest BCUT2D eigenvalue weighted by atomic mass is 10.2. The molecule has 2 rings (SSSR count). The number of rotatable bonds is 6. The summed E-state index contributed by atoms with van der Waals surface area (Å²) < 4.78 is 6.61. The maximum absolute atomic E-state index is 11.1. The molecule has 0 spiro atoms. The van der Waals surface area contributed by atoms with E-state index in [2.05, 4.69) is 25.7 Å². The topological polar surface area (TPSA) is 50.6 Å². The van der Waals surface area contributed by atoms with Gasteiger partial charge in [0.25, 0.3) is 0 Å². The van der Waals surface area contributed by atoms with Crippen molar-refractivity contribution in [3.8, 4) is 0 Å². The summed E-state index contributed by atoms with van der Waals surface area (Å²) in [6.07, 6.45) is 3.38. The van der Waals surface area contributed by atoms with Gasteiger partial charge >= 0.3 is 5.97 Å². The minimum absolute atomic E-state index is 0.122. The first kappa shape index (κ1) is 15.0. The van der Waals surface area contributed by atoms with Crippen LogP contribution in [0.25, 0.3) is 0 Å². The fourth-order valence-electron chi connectivity index (χ4n) is 2.51. The van der Waals surface area contributed by atoms with Crippen molar-refractivity contribution in [2.45, 2.75) is 12.8 Å². The van der Waals surface area contributed by atoms with Gasteiger partial charge in [-0.1, -0.05) is 0 Å². The van der Waals surface area contributed by atoms with E-state index in [-0.39, 0.29) is 5.97 Å². The Balaban J connectivity index is 1.64. The number of piperazine rings is 1.